The van der Waals surface area contributed by atoms with Crippen molar-refractivity contribution < 1.29 is 22.7 Å². The number of halogens is 3. The van der Waals surface area contributed by atoms with Crippen LogP contribution in [0.25, 0.3) is 0 Å². The number of rotatable bonds is 7. The minimum absolute atomic E-state index is 0.0534. The number of carbonyl (C=O) groups is 1. The van der Waals surface area contributed by atoms with Gasteiger partial charge in [-0.05, 0) is 31.4 Å². The smallest absolute Gasteiger partial charge is 0.364 e. The summed E-state index contributed by atoms with van der Waals surface area (Å²) < 4.78 is 42.6. The van der Waals surface area contributed by atoms with E-state index in [1.807, 2.05) is 30.3 Å². The minimum Gasteiger partial charge on any atom is -0.364 e. The number of hydrogen-bond acceptors (Lipinski definition) is 3. The fourth-order valence-corrected chi connectivity index (χ4v) is 2.74. The van der Waals surface area contributed by atoms with Crippen molar-refractivity contribution in [3.8, 4) is 0 Å². The molecular weight excluding hydrogens is 321 g/mol. The van der Waals surface area contributed by atoms with Gasteiger partial charge in [0.05, 0.1) is 13.2 Å². The number of benzene rings is 1. The molecule has 1 heterocycles. The molecule has 0 aliphatic carbocycles. The van der Waals surface area contributed by atoms with Crippen molar-refractivity contribution in [3.05, 3.63) is 35.9 Å². The topological polar surface area (TPSA) is 41.6 Å². The van der Waals surface area contributed by atoms with Crippen molar-refractivity contribution in [2.75, 3.05) is 26.2 Å². The van der Waals surface area contributed by atoms with Crippen molar-refractivity contribution in [2.45, 2.75) is 32.2 Å². The lowest BCUT2D eigenvalue weighted by Gasteiger charge is -2.18. The van der Waals surface area contributed by atoms with Gasteiger partial charge in [-0.3, -0.25) is 9.69 Å². The first kappa shape index (κ1) is 18.7. The summed E-state index contributed by atoms with van der Waals surface area (Å²) in [6, 6.07) is 9.53. The van der Waals surface area contributed by atoms with Crippen LogP contribution in [0, 0.1) is 5.92 Å². The second-order valence-corrected chi connectivity index (χ2v) is 6.19. The molecule has 0 bridgehead atoms. The molecular formula is C17H23F3N2O2. The molecule has 1 amide bonds. The summed E-state index contributed by atoms with van der Waals surface area (Å²) >= 11 is 0. The van der Waals surface area contributed by atoms with E-state index in [0.717, 1.165) is 5.56 Å². The summed E-state index contributed by atoms with van der Waals surface area (Å²) in [5.41, 5.74) is 0.982. The molecule has 134 valence electrons. The van der Waals surface area contributed by atoms with Gasteiger partial charge in [0.2, 0.25) is 5.91 Å². The number of nitrogens with one attached hydrogen (secondary N) is 1. The Morgan fingerprint density at radius 1 is 1.38 bits per heavy atom. The number of ether oxygens (including phenoxy) is 1. The highest BCUT2D eigenvalue weighted by atomic mass is 19.4. The van der Waals surface area contributed by atoms with Gasteiger partial charge in [0.25, 0.3) is 0 Å². The van der Waals surface area contributed by atoms with E-state index in [4.69, 9.17) is 4.74 Å². The lowest BCUT2D eigenvalue weighted by atomic mass is 10.1. The van der Waals surface area contributed by atoms with E-state index in [1.165, 1.54) is 4.90 Å². The average molecular weight is 344 g/mol. The Balaban J connectivity index is 1.66. The van der Waals surface area contributed by atoms with Crippen molar-refractivity contribution >= 4 is 5.91 Å². The SMILES string of the molecule is C[C@H](OCc1ccccc1)C(=O)NC[C@H]1CCN(CC(F)(F)F)C1. The highest BCUT2D eigenvalue weighted by Gasteiger charge is 2.34. The summed E-state index contributed by atoms with van der Waals surface area (Å²) in [5.74, 6) is -0.183. The van der Waals surface area contributed by atoms with E-state index < -0.39 is 18.8 Å². The first-order chi connectivity index (χ1) is 11.3. The molecule has 24 heavy (non-hydrogen) atoms. The molecule has 1 fully saturated rings. The van der Waals surface area contributed by atoms with Crippen molar-refractivity contribution in [1.29, 1.82) is 0 Å². The number of alkyl halides is 3. The molecule has 1 N–H and O–H groups in total. The van der Waals surface area contributed by atoms with Crippen LogP contribution in [0.3, 0.4) is 0 Å². The minimum atomic E-state index is -4.17. The van der Waals surface area contributed by atoms with E-state index in [1.54, 1.807) is 6.92 Å². The van der Waals surface area contributed by atoms with Gasteiger partial charge in [0, 0.05) is 13.1 Å². The van der Waals surface area contributed by atoms with Crippen molar-refractivity contribution in [2.24, 2.45) is 5.92 Å². The van der Waals surface area contributed by atoms with Gasteiger partial charge in [-0.1, -0.05) is 30.3 Å². The quantitative estimate of drug-likeness (QED) is 0.827. The predicted octanol–water partition coefficient (Wildman–Crippen LogP) is 2.59. The summed E-state index contributed by atoms with van der Waals surface area (Å²) in [6.45, 7) is 2.29. The first-order valence-electron chi connectivity index (χ1n) is 8.06. The third-order valence-electron chi connectivity index (χ3n) is 4.05. The van der Waals surface area contributed by atoms with Gasteiger partial charge in [-0.2, -0.15) is 13.2 Å². The van der Waals surface area contributed by atoms with Crippen molar-refractivity contribution in [1.82, 2.24) is 10.2 Å². The third kappa shape index (κ3) is 6.49. The Bertz CT molecular complexity index is 522. The molecule has 1 aromatic rings. The summed E-state index contributed by atoms with van der Waals surface area (Å²) in [5, 5.41) is 2.77. The monoisotopic (exact) mass is 344 g/mol. The highest BCUT2D eigenvalue weighted by Crippen LogP contribution is 2.22. The zero-order valence-corrected chi connectivity index (χ0v) is 13.7. The van der Waals surface area contributed by atoms with Gasteiger partial charge in [-0.25, -0.2) is 0 Å². The average Bonchev–Trinajstić information content (AvgIpc) is 2.96. The number of nitrogens with zero attached hydrogens (tertiary/aromatic N) is 1. The second kappa shape index (κ2) is 8.48. The molecule has 7 heteroatoms. The fourth-order valence-electron chi connectivity index (χ4n) is 2.74. The maximum atomic E-state index is 12.4. The van der Waals surface area contributed by atoms with Gasteiger partial charge in [-0.15, -0.1) is 0 Å². The summed E-state index contributed by atoms with van der Waals surface area (Å²) in [4.78, 5) is 13.4. The van der Waals surface area contributed by atoms with E-state index in [0.29, 0.717) is 32.7 Å². The highest BCUT2D eigenvalue weighted by molar-refractivity contribution is 5.80. The molecule has 0 spiro atoms. The number of carbonyl (C=O) groups excluding carboxylic acids is 1. The Kier molecular flexibility index (Phi) is 6.62. The Labute approximate surface area is 140 Å². The fraction of sp³-hybridized carbons (Fsp3) is 0.588. The molecule has 0 radical (unpaired) electrons. The van der Waals surface area contributed by atoms with E-state index >= 15 is 0 Å². The van der Waals surface area contributed by atoms with Gasteiger partial charge in [0.1, 0.15) is 6.10 Å². The first-order valence-corrected chi connectivity index (χ1v) is 8.06. The largest absolute Gasteiger partial charge is 0.401 e. The molecule has 2 atom stereocenters. The second-order valence-electron chi connectivity index (χ2n) is 6.19. The van der Waals surface area contributed by atoms with E-state index in [2.05, 4.69) is 5.32 Å². The Morgan fingerprint density at radius 3 is 2.75 bits per heavy atom. The predicted molar refractivity (Wildman–Crippen MR) is 84.3 cm³/mol. The van der Waals surface area contributed by atoms with Gasteiger partial charge >= 0.3 is 6.18 Å². The zero-order chi connectivity index (χ0) is 17.6. The van der Waals surface area contributed by atoms with Crippen LogP contribution in [0.1, 0.15) is 18.9 Å². The van der Waals surface area contributed by atoms with E-state index in [9.17, 15) is 18.0 Å². The molecule has 1 aliphatic heterocycles. The van der Waals surface area contributed by atoms with Crippen LogP contribution in [0.2, 0.25) is 0 Å². The number of hydrogen-bond donors (Lipinski definition) is 1. The molecule has 0 aromatic heterocycles. The third-order valence-corrected chi connectivity index (χ3v) is 4.05. The van der Waals surface area contributed by atoms with Crippen LogP contribution < -0.4 is 5.32 Å². The molecule has 1 aromatic carbocycles. The Hall–Kier alpha value is -1.60. The Morgan fingerprint density at radius 2 is 2.08 bits per heavy atom. The number of amides is 1. The van der Waals surface area contributed by atoms with Crippen LogP contribution in [0.15, 0.2) is 30.3 Å². The maximum absolute atomic E-state index is 12.4. The zero-order valence-electron chi connectivity index (χ0n) is 13.7. The van der Waals surface area contributed by atoms with Crippen LogP contribution in [-0.4, -0.2) is 49.3 Å². The lowest BCUT2D eigenvalue weighted by Crippen LogP contribution is -2.38. The molecule has 4 nitrogen and oxygen atoms in total. The van der Waals surface area contributed by atoms with Crippen molar-refractivity contribution in [3.63, 3.8) is 0 Å². The molecule has 1 saturated heterocycles. The lowest BCUT2D eigenvalue weighted by molar-refractivity contribution is -0.144. The van der Waals surface area contributed by atoms with Gasteiger partial charge in [0.15, 0.2) is 0 Å². The van der Waals surface area contributed by atoms with Crippen LogP contribution in [-0.2, 0) is 16.1 Å². The molecule has 2 rings (SSSR count). The maximum Gasteiger partial charge on any atom is 0.401 e. The van der Waals surface area contributed by atoms with E-state index in [-0.39, 0.29) is 11.8 Å². The summed E-state index contributed by atoms with van der Waals surface area (Å²) in [7, 11) is 0. The van der Waals surface area contributed by atoms with Gasteiger partial charge < -0.3 is 10.1 Å². The normalized spacial score (nSPS) is 20.1. The molecule has 1 aliphatic rings. The van der Waals surface area contributed by atoms with Crippen LogP contribution in [0.4, 0.5) is 13.2 Å². The standard InChI is InChI=1S/C17H23F3N2O2/c1-13(24-11-14-5-3-2-4-6-14)16(23)21-9-15-7-8-22(10-15)12-17(18,19)20/h2-6,13,15H,7-12H2,1H3,(H,21,23)/t13-,15+/m0/s1. The number of likely N-dealkylation sites (tertiary alicyclic amines) is 1. The summed E-state index contributed by atoms with van der Waals surface area (Å²) in [6.07, 6.45) is -4.11. The van der Waals surface area contributed by atoms with Crippen LogP contribution >= 0.6 is 0 Å². The van der Waals surface area contributed by atoms with Crippen LogP contribution in [0.5, 0.6) is 0 Å². The molecule has 0 saturated carbocycles. The molecule has 0 unspecified atom stereocenters.